The monoisotopic (exact) mass is 256 g/mol. The fourth-order valence-corrected chi connectivity index (χ4v) is 4.16. The fraction of sp³-hybridized carbons (Fsp3) is 0.500. The predicted molar refractivity (Wildman–Crippen MR) is 76.3 cm³/mol. The predicted octanol–water partition coefficient (Wildman–Crippen LogP) is 2.33. The summed E-state index contributed by atoms with van der Waals surface area (Å²) < 4.78 is 1.98. The summed E-state index contributed by atoms with van der Waals surface area (Å²) >= 11 is 0. The Bertz CT molecular complexity index is 631. The van der Waals surface area contributed by atoms with Gasteiger partial charge in [-0.3, -0.25) is 0 Å². The van der Waals surface area contributed by atoms with Gasteiger partial charge in [0.05, 0.1) is 5.52 Å². The molecule has 1 saturated heterocycles. The first-order valence-corrected chi connectivity index (χ1v) is 7.21. The van der Waals surface area contributed by atoms with Crippen molar-refractivity contribution in [2.75, 3.05) is 13.6 Å². The van der Waals surface area contributed by atoms with Crippen LogP contribution in [0.3, 0.4) is 0 Å². The molecule has 0 spiro atoms. The Labute approximate surface area is 113 Å². The molecule has 0 amide bonds. The second-order valence-electron chi connectivity index (χ2n) is 6.01. The van der Waals surface area contributed by atoms with Gasteiger partial charge in [-0.15, -0.1) is 0 Å². The number of nitrogens with zero attached hydrogens (tertiary/aromatic N) is 2. The molecule has 2 heterocycles. The summed E-state index contributed by atoms with van der Waals surface area (Å²) in [5.74, 6) is 0.671. The van der Waals surface area contributed by atoms with E-state index in [9.17, 15) is 5.11 Å². The van der Waals surface area contributed by atoms with Gasteiger partial charge in [-0.05, 0) is 50.0 Å². The van der Waals surface area contributed by atoms with Crippen molar-refractivity contribution in [2.24, 2.45) is 0 Å². The van der Waals surface area contributed by atoms with Crippen LogP contribution >= 0.6 is 0 Å². The van der Waals surface area contributed by atoms with Crippen LogP contribution in [0, 0.1) is 0 Å². The third-order valence-corrected chi connectivity index (χ3v) is 5.05. The van der Waals surface area contributed by atoms with Crippen molar-refractivity contribution in [3.8, 4) is 0 Å². The summed E-state index contributed by atoms with van der Waals surface area (Å²) in [6.45, 7) is 1.29. The minimum Gasteiger partial charge on any atom is -0.376 e. The molecule has 1 N–H and O–H groups in total. The molecule has 3 nitrogen and oxygen atoms in total. The van der Waals surface area contributed by atoms with Gasteiger partial charge < -0.3 is 14.6 Å². The standard InChI is InChI=1S/C16H20N2O/c1-17-7-3-5-12-13-4-2-6-14-16(13)11(8-15(12)17)9-18(14)10-19/h2,4,6,9,12,15,19H,3,5,7-8,10H2,1H3/t12-,15-/m1/s1. The summed E-state index contributed by atoms with van der Waals surface area (Å²) in [5.41, 5.74) is 4.11. The number of rotatable bonds is 1. The number of piperidine rings is 1. The molecule has 100 valence electrons. The molecule has 0 bridgehead atoms. The average molecular weight is 256 g/mol. The smallest absolute Gasteiger partial charge is 0.119 e. The van der Waals surface area contributed by atoms with E-state index in [2.05, 4.69) is 36.3 Å². The number of aliphatic hydroxyl groups excluding tert-OH is 1. The van der Waals surface area contributed by atoms with Crippen LogP contribution < -0.4 is 0 Å². The van der Waals surface area contributed by atoms with E-state index in [0.717, 1.165) is 6.42 Å². The number of aliphatic hydroxyl groups is 1. The van der Waals surface area contributed by atoms with Crippen LogP contribution in [0.25, 0.3) is 10.9 Å². The topological polar surface area (TPSA) is 28.4 Å². The lowest BCUT2D eigenvalue weighted by Gasteiger charge is -2.42. The number of fused-ring (bicyclic) bond motifs is 2. The van der Waals surface area contributed by atoms with Gasteiger partial charge in [0.1, 0.15) is 6.73 Å². The van der Waals surface area contributed by atoms with Crippen molar-refractivity contribution in [3.63, 3.8) is 0 Å². The molecule has 2 aromatic rings. The highest BCUT2D eigenvalue weighted by molar-refractivity contribution is 5.89. The zero-order valence-corrected chi connectivity index (χ0v) is 11.3. The number of hydrogen-bond acceptors (Lipinski definition) is 2. The molecule has 1 aromatic carbocycles. The first kappa shape index (κ1) is 11.5. The Morgan fingerprint density at radius 2 is 2.26 bits per heavy atom. The molecule has 3 heteroatoms. The van der Waals surface area contributed by atoms with Crippen LogP contribution in [0.5, 0.6) is 0 Å². The lowest BCUT2D eigenvalue weighted by atomic mass is 9.75. The Balaban J connectivity index is 1.95. The summed E-state index contributed by atoms with van der Waals surface area (Å²) in [7, 11) is 2.25. The molecule has 4 rings (SSSR count). The number of benzene rings is 1. The lowest BCUT2D eigenvalue weighted by molar-refractivity contribution is 0.157. The molecule has 1 aliphatic heterocycles. The van der Waals surface area contributed by atoms with E-state index in [1.54, 1.807) is 0 Å². The van der Waals surface area contributed by atoms with E-state index >= 15 is 0 Å². The van der Waals surface area contributed by atoms with Gasteiger partial charge in [-0.25, -0.2) is 0 Å². The van der Waals surface area contributed by atoms with Gasteiger partial charge in [-0.1, -0.05) is 12.1 Å². The van der Waals surface area contributed by atoms with Crippen LogP contribution in [-0.4, -0.2) is 34.2 Å². The zero-order valence-electron chi connectivity index (χ0n) is 11.3. The highest BCUT2D eigenvalue weighted by Crippen LogP contribution is 2.43. The minimum atomic E-state index is 0.0745. The number of aromatic nitrogens is 1. The number of hydrogen-bond donors (Lipinski definition) is 1. The molecule has 0 saturated carbocycles. The van der Waals surface area contributed by atoms with Gasteiger partial charge in [0.2, 0.25) is 0 Å². The van der Waals surface area contributed by atoms with Gasteiger partial charge in [0, 0.05) is 23.5 Å². The molecule has 0 radical (unpaired) electrons. The van der Waals surface area contributed by atoms with E-state index in [-0.39, 0.29) is 6.73 Å². The highest BCUT2D eigenvalue weighted by Gasteiger charge is 2.36. The third-order valence-electron chi connectivity index (χ3n) is 5.05. The fourth-order valence-electron chi connectivity index (χ4n) is 4.16. The Kier molecular flexibility index (Phi) is 2.47. The molecule has 1 fully saturated rings. The molecule has 2 aliphatic rings. The van der Waals surface area contributed by atoms with Crippen LogP contribution in [0.1, 0.15) is 29.9 Å². The van der Waals surface area contributed by atoms with Crippen LogP contribution in [-0.2, 0) is 13.2 Å². The van der Waals surface area contributed by atoms with E-state index in [4.69, 9.17) is 0 Å². The van der Waals surface area contributed by atoms with Crippen molar-refractivity contribution >= 4 is 10.9 Å². The lowest BCUT2D eigenvalue weighted by Crippen LogP contribution is -2.44. The Morgan fingerprint density at radius 1 is 1.37 bits per heavy atom. The first-order chi connectivity index (χ1) is 9.29. The second-order valence-corrected chi connectivity index (χ2v) is 6.01. The molecule has 1 aromatic heterocycles. The van der Waals surface area contributed by atoms with Crippen molar-refractivity contribution in [1.82, 2.24) is 9.47 Å². The highest BCUT2D eigenvalue weighted by atomic mass is 16.3. The molecule has 2 atom stereocenters. The second kappa shape index (κ2) is 4.09. The summed E-state index contributed by atoms with van der Waals surface area (Å²) in [5, 5.41) is 10.9. The van der Waals surface area contributed by atoms with Crippen molar-refractivity contribution in [2.45, 2.75) is 38.0 Å². The maximum atomic E-state index is 9.52. The molecule has 19 heavy (non-hydrogen) atoms. The summed E-state index contributed by atoms with van der Waals surface area (Å²) in [6.07, 6.45) is 5.87. The maximum absolute atomic E-state index is 9.52. The van der Waals surface area contributed by atoms with Crippen LogP contribution in [0.2, 0.25) is 0 Å². The van der Waals surface area contributed by atoms with Gasteiger partial charge in [0.15, 0.2) is 0 Å². The van der Waals surface area contributed by atoms with E-state index in [1.807, 2.05) is 4.57 Å². The van der Waals surface area contributed by atoms with E-state index in [1.165, 1.54) is 41.4 Å². The summed E-state index contributed by atoms with van der Waals surface area (Å²) in [6, 6.07) is 7.21. The van der Waals surface area contributed by atoms with Crippen LogP contribution in [0.4, 0.5) is 0 Å². The normalized spacial score (nSPS) is 26.6. The van der Waals surface area contributed by atoms with E-state index in [0.29, 0.717) is 12.0 Å². The van der Waals surface area contributed by atoms with Crippen LogP contribution in [0.15, 0.2) is 24.4 Å². The molecular formula is C16H20N2O. The SMILES string of the molecule is CN1CCC[C@@H]2c3cccc4c3c(cn4CO)C[C@H]21. The summed E-state index contributed by atoms with van der Waals surface area (Å²) in [4.78, 5) is 2.52. The van der Waals surface area contributed by atoms with Gasteiger partial charge in [-0.2, -0.15) is 0 Å². The minimum absolute atomic E-state index is 0.0745. The number of likely N-dealkylation sites (tertiary alicyclic amines) is 1. The van der Waals surface area contributed by atoms with Gasteiger partial charge in [0.25, 0.3) is 0 Å². The quantitative estimate of drug-likeness (QED) is 0.848. The Morgan fingerprint density at radius 3 is 3.11 bits per heavy atom. The average Bonchev–Trinajstić information content (AvgIpc) is 2.80. The first-order valence-electron chi connectivity index (χ1n) is 7.21. The zero-order chi connectivity index (χ0) is 13.0. The molecular weight excluding hydrogens is 236 g/mol. The molecule has 0 unspecified atom stereocenters. The number of likely N-dealkylation sites (N-methyl/N-ethyl adjacent to an activating group) is 1. The maximum Gasteiger partial charge on any atom is 0.119 e. The van der Waals surface area contributed by atoms with E-state index < -0.39 is 0 Å². The van der Waals surface area contributed by atoms with Crippen molar-refractivity contribution < 1.29 is 5.11 Å². The largest absolute Gasteiger partial charge is 0.376 e. The van der Waals surface area contributed by atoms with Gasteiger partial charge >= 0.3 is 0 Å². The van der Waals surface area contributed by atoms with Crippen molar-refractivity contribution in [3.05, 3.63) is 35.5 Å². The molecule has 1 aliphatic carbocycles. The third kappa shape index (κ3) is 1.52. The Hall–Kier alpha value is -1.32. The van der Waals surface area contributed by atoms with Crippen molar-refractivity contribution in [1.29, 1.82) is 0 Å².